The lowest BCUT2D eigenvalue weighted by Gasteiger charge is -2.16. The van der Waals surface area contributed by atoms with E-state index in [1.165, 1.54) is 0 Å². The van der Waals surface area contributed by atoms with Crippen LogP contribution in [0.1, 0.15) is 12.5 Å². The second-order valence-corrected chi connectivity index (χ2v) is 3.80. The van der Waals surface area contributed by atoms with Gasteiger partial charge in [0, 0.05) is 10.6 Å². The molecule has 0 amide bonds. The van der Waals surface area contributed by atoms with E-state index in [0.717, 1.165) is 11.3 Å². The number of rotatable bonds is 2. The molecule has 1 aliphatic heterocycles. The largest absolute Gasteiger partial charge is 0.488 e. The van der Waals surface area contributed by atoms with Gasteiger partial charge in [-0.1, -0.05) is 11.6 Å². The Bertz CT molecular complexity index is 452. The lowest BCUT2D eigenvalue weighted by Crippen LogP contribution is -2.17. The Morgan fingerprint density at radius 3 is 3.12 bits per heavy atom. The lowest BCUT2D eigenvalue weighted by molar-refractivity contribution is -0.138. The summed E-state index contributed by atoms with van der Waals surface area (Å²) in [6, 6.07) is 5.30. The zero-order valence-electron chi connectivity index (χ0n) is 8.83. The molecule has 3 nitrogen and oxygen atoms in total. The van der Waals surface area contributed by atoms with Gasteiger partial charge >= 0.3 is 5.97 Å². The first-order valence-corrected chi connectivity index (χ1v) is 5.38. The highest BCUT2D eigenvalue weighted by Crippen LogP contribution is 2.29. The van der Waals surface area contributed by atoms with Crippen LogP contribution in [-0.2, 0) is 9.53 Å². The standard InChI is InChI=1S/C12H11ClO3/c1-2-15-12(14)9-5-8-6-10(13)3-4-11(8)16-7-9/h3-6H,2,7H2,1H3. The summed E-state index contributed by atoms with van der Waals surface area (Å²) in [6.07, 6.45) is 1.75. The first kappa shape index (κ1) is 11.0. The second-order valence-electron chi connectivity index (χ2n) is 3.36. The zero-order valence-corrected chi connectivity index (χ0v) is 9.58. The van der Waals surface area contributed by atoms with Crippen LogP contribution in [0.5, 0.6) is 5.75 Å². The smallest absolute Gasteiger partial charge is 0.337 e. The van der Waals surface area contributed by atoms with Gasteiger partial charge in [-0.05, 0) is 31.2 Å². The molecule has 1 aliphatic rings. The van der Waals surface area contributed by atoms with Crippen molar-refractivity contribution in [2.45, 2.75) is 6.92 Å². The quantitative estimate of drug-likeness (QED) is 0.743. The summed E-state index contributed by atoms with van der Waals surface area (Å²) < 4.78 is 10.3. The van der Waals surface area contributed by atoms with E-state index in [1.54, 1.807) is 31.2 Å². The molecule has 0 N–H and O–H groups in total. The molecule has 0 bridgehead atoms. The van der Waals surface area contributed by atoms with Crippen LogP contribution in [0.25, 0.3) is 6.08 Å². The van der Waals surface area contributed by atoms with Crippen molar-refractivity contribution in [2.75, 3.05) is 13.2 Å². The summed E-state index contributed by atoms with van der Waals surface area (Å²) in [5.74, 6) is 0.394. The summed E-state index contributed by atoms with van der Waals surface area (Å²) in [4.78, 5) is 11.5. The molecule has 0 aliphatic carbocycles. The summed E-state index contributed by atoms with van der Waals surface area (Å²) in [5.41, 5.74) is 1.32. The van der Waals surface area contributed by atoms with E-state index < -0.39 is 0 Å². The van der Waals surface area contributed by atoms with E-state index in [9.17, 15) is 4.79 Å². The molecule has 1 heterocycles. The highest BCUT2D eigenvalue weighted by molar-refractivity contribution is 6.30. The van der Waals surface area contributed by atoms with Crippen LogP contribution in [0, 0.1) is 0 Å². The molecule has 0 saturated heterocycles. The molecule has 2 rings (SSSR count). The van der Waals surface area contributed by atoms with Crippen molar-refractivity contribution in [1.82, 2.24) is 0 Å². The van der Waals surface area contributed by atoms with E-state index in [2.05, 4.69) is 0 Å². The summed E-state index contributed by atoms with van der Waals surface area (Å²) in [7, 11) is 0. The second kappa shape index (κ2) is 4.58. The Balaban J connectivity index is 2.30. The number of halogens is 1. The van der Waals surface area contributed by atoms with Gasteiger partial charge in [0.25, 0.3) is 0 Å². The van der Waals surface area contributed by atoms with Crippen molar-refractivity contribution in [3.63, 3.8) is 0 Å². The third-order valence-corrected chi connectivity index (χ3v) is 2.46. The Kier molecular flexibility index (Phi) is 3.15. The molecule has 16 heavy (non-hydrogen) atoms. The molecule has 84 valence electrons. The van der Waals surface area contributed by atoms with Crippen LogP contribution in [0.2, 0.25) is 5.02 Å². The SMILES string of the molecule is CCOC(=O)C1=Cc2cc(Cl)ccc2OC1. The monoisotopic (exact) mass is 238 g/mol. The first-order chi connectivity index (χ1) is 7.70. The van der Waals surface area contributed by atoms with Crippen molar-refractivity contribution in [3.05, 3.63) is 34.4 Å². The summed E-state index contributed by atoms with van der Waals surface area (Å²) >= 11 is 5.86. The maximum absolute atomic E-state index is 11.5. The predicted octanol–water partition coefficient (Wildman–Crippen LogP) is 2.68. The van der Waals surface area contributed by atoms with Crippen LogP contribution in [0.4, 0.5) is 0 Å². The van der Waals surface area contributed by atoms with Crippen LogP contribution >= 0.6 is 11.6 Å². The van der Waals surface area contributed by atoms with Crippen molar-refractivity contribution < 1.29 is 14.3 Å². The number of ether oxygens (including phenoxy) is 2. The van der Waals surface area contributed by atoms with Gasteiger partial charge in [0.2, 0.25) is 0 Å². The molecular formula is C12H11ClO3. The maximum Gasteiger partial charge on any atom is 0.337 e. The molecule has 4 heteroatoms. The van der Waals surface area contributed by atoms with E-state index in [4.69, 9.17) is 21.1 Å². The number of esters is 1. The Morgan fingerprint density at radius 1 is 1.56 bits per heavy atom. The van der Waals surface area contributed by atoms with Crippen molar-refractivity contribution in [2.24, 2.45) is 0 Å². The fraction of sp³-hybridized carbons (Fsp3) is 0.250. The Morgan fingerprint density at radius 2 is 2.38 bits per heavy atom. The van der Waals surface area contributed by atoms with Crippen LogP contribution in [0.3, 0.4) is 0 Å². The van der Waals surface area contributed by atoms with Gasteiger partial charge in [-0.3, -0.25) is 0 Å². The molecule has 0 fully saturated rings. The van der Waals surface area contributed by atoms with Crippen molar-refractivity contribution >= 4 is 23.6 Å². The number of carbonyl (C=O) groups excluding carboxylic acids is 1. The van der Waals surface area contributed by atoms with E-state index in [-0.39, 0.29) is 12.6 Å². The number of fused-ring (bicyclic) bond motifs is 1. The molecule has 1 aromatic rings. The lowest BCUT2D eigenvalue weighted by atomic mass is 10.1. The highest BCUT2D eigenvalue weighted by Gasteiger charge is 2.18. The van der Waals surface area contributed by atoms with Crippen LogP contribution in [0.15, 0.2) is 23.8 Å². The van der Waals surface area contributed by atoms with Crippen molar-refractivity contribution in [1.29, 1.82) is 0 Å². The van der Waals surface area contributed by atoms with E-state index in [0.29, 0.717) is 17.2 Å². The number of hydrogen-bond acceptors (Lipinski definition) is 3. The average molecular weight is 239 g/mol. The van der Waals surface area contributed by atoms with Gasteiger partial charge in [0.05, 0.1) is 12.2 Å². The zero-order chi connectivity index (χ0) is 11.5. The molecule has 0 radical (unpaired) electrons. The van der Waals surface area contributed by atoms with Crippen LogP contribution < -0.4 is 4.74 Å². The van der Waals surface area contributed by atoms with Crippen molar-refractivity contribution in [3.8, 4) is 5.75 Å². The summed E-state index contributed by atoms with van der Waals surface area (Å²) in [5, 5.41) is 0.615. The fourth-order valence-corrected chi connectivity index (χ4v) is 1.67. The minimum absolute atomic E-state index is 0.244. The van der Waals surface area contributed by atoms with Crippen LogP contribution in [-0.4, -0.2) is 19.2 Å². The van der Waals surface area contributed by atoms with Gasteiger partial charge in [0.1, 0.15) is 12.4 Å². The van der Waals surface area contributed by atoms with Gasteiger partial charge in [0.15, 0.2) is 0 Å². The van der Waals surface area contributed by atoms with Gasteiger partial charge < -0.3 is 9.47 Å². The minimum atomic E-state index is -0.340. The summed E-state index contributed by atoms with van der Waals surface area (Å²) in [6.45, 7) is 2.37. The molecule has 0 unspecified atom stereocenters. The number of benzene rings is 1. The van der Waals surface area contributed by atoms with E-state index >= 15 is 0 Å². The molecule has 1 aromatic carbocycles. The molecule has 0 atom stereocenters. The number of carbonyl (C=O) groups is 1. The molecule has 0 aromatic heterocycles. The molecule has 0 spiro atoms. The highest BCUT2D eigenvalue weighted by atomic mass is 35.5. The molecule has 0 saturated carbocycles. The predicted molar refractivity (Wildman–Crippen MR) is 61.6 cm³/mol. The van der Waals surface area contributed by atoms with Gasteiger partial charge in [-0.15, -0.1) is 0 Å². The van der Waals surface area contributed by atoms with Gasteiger partial charge in [-0.2, -0.15) is 0 Å². The Labute approximate surface area is 98.6 Å². The fourth-order valence-electron chi connectivity index (χ4n) is 1.49. The Hall–Kier alpha value is -1.48. The average Bonchev–Trinajstić information content (AvgIpc) is 2.28. The first-order valence-electron chi connectivity index (χ1n) is 5.00. The maximum atomic E-state index is 11.5. The third-order valence-electron chi connectivity index (χ3n) is 2.22. The topological polar surface area (TPSA) is 35.5 Å². The number of hydrogen-bond donors (Lipinski definition) is 0. The van der Waals surface area contributed by atoms with Gasteiger partial charge in [-0.25, -0.2) is 4.79 Å². The third kappa shape index (κ3) is 2.19. The molecular weight excluding hydrogens is 228 g/mol. The van der Waals surface area contributed by atoms with E-state index in [1.807, 2.05) is 0 Å². The normalized spacial score (nSPS) is 13.5. The minimum Gasteiger partial charge on any atom is -0.488 e.